The second kappa shape index (κ2) is 3.27. The summed E-state index contributed by atoms with van der Waals surface area (Å²) in [7, 11) is 0. The van der Waals surface area contributed by atoms with Crippen molar-refractivity contribution in [2.45, 2.75) is 24.8 Å². The van der Waals surface area contributed by atoms with Crippen LogP contribution in [0.4, 0.5) is 13.6 Å². The van der Waals surface area contributed by atoms with Crippen molar-refractivity contribution in [3.8, 4) is 0 Å². The molecular formula is C7H9F2NO3. The number of rotatable bonds is 3. The van der Waals surface area contributed by atoms with Gasteiger partial charge in [0.15, 0.2) is 0 Å². The predicted octanol–water partition coefficient (Wildman–Crippen LogP) is 0.867. The van der Waals surface area contributed by atoms with E-state index in [4.69, 9.17) is 5.11 Å². The van der Waals surface area contributed by atoms with Gasteiger partial charge in [-0.2, -0.15) is 0 Å². The van der Waals surface area contributed by atoms with E-state index in [1.54, 1.807) is 0 Å². The van der Waals surface area contributed by atoms with Crippen LogP contribution in [0.1, 0.15) is 12.8 Å². The van der Waals surface area contributed by atoms with E-state index in [0.717, 1.165) is 0 Å². The number of halogens is 2. The van der Waals surface area contributed by atoms with E-state index in [2.05, 4.69) is 0 Å². The van der Waals surface area contributed by atoms with Gasteiger partial charge in [0, 0.05) is 5.92 Å². The number of hydrogen-bond donors (Lipinski definition) is 2. The SMILES string of the molecule is O=CC1(NC(=O)O)CC(C(F)F)C1. The molecule has 0 radical (unpaired) electrons. The minimum atomic E-state index is -2.48. The van der Waals surface area contributed by atoms with E-state index in [0.29, 0.717) is 6.29 Å². The maximum atomic E-state index is 12.0. The average molecular weight is 193 g/mol. The van der Waals surface area contributed by atoms with Crippen molar-refractivity contribution in [2.24, 2.45) is 5.92 Å². The minimum absolute atomic E-state index is 0.111. The van der Waals surface area contributed by atoms with Crippen molar-refractivity contribution >= 4 is 12.4 Å². The highest BCUT2D eigenvalue weighted by atomic mass is 19.3. The molecule has 0 unspecified atom stereocenters. The minimum Gasteiger partial charge on any atom is -0.465 e. The molecule has 0 aliphatic heterocycles. The molecule has 13 heavy (non-hydrogen) atoms. The van der Waals surface area contributed by atoms with E-state index < -0.39 is 24.0 Å². The summed E-state index contributed by atoms with van der Waals surface area (Å²) in [5, 5.41) is 10.3. The molecule has 2 N–H and O–H groups in total. The molecule has 1 aliphatic rings. The van der Waals surface area contributed by atoms with E-state index in [1.807, 2.05) is 5.32 Å². The zero-order valence-electron chi connectivity index (χ0n) is 6.67. The van der Waals surface area contributed by atoms with Crippen LogP contribution in [0.15, 0.2) is 0 Å². The molecule has 0 spiro atoms. The highest BCUT2D eigenvalue weighted by Gasteiger charge is 2.49. The van der Waals surface area contributed by atoms with Gasteiger partial charge in [-0.25, -0.2) is 13.6 Å². The Bertz CT molecular complexity index is 226. The molecule has 0 saturated heterocycles. The van der Waals surface area contributed by atoms with E-state index in [9.17, 15) is 18.4 Å². The summed E-state index contributed by atoms with van der Waals surface area (Å²) in [5.74, 6) is -0.864. The summed E-state index contributed by atoms with van der Waals surface area (Å²) in [6.45, 7) is 0. The Morgan fingerprint density at radius 3 is 2.46 bits per heavy atom. The van der Waals surface area contributed by atoms with Crippen LogP contribution in [0, 0.1) is 5.92 Å². The lowest BCUT2D eigenvalue weighted by atomic mass is 9.69. The molecule has 6 heteroatoms. The van der Waals surface area contributed by atoms with Gasteiger partial charge in [0.1, 0.15) is 6.29 Å². The number of carbonyl (C=O) groups excluding carboxylic acids is 1. The van der Waals surface area contributed by atoms with Crippen molar-refractivity contribution in [3.05, 3.63) is 0 Å². The standard InChI is InChI=1S/C7H9F2NO3/c8-5(9)4-1-7(2-4,3-11)10-6(12)13/h3-5,10H,1-2H2,(H,12,13). The molecular weight excluding hydrogens is 184 g/mol. The normalized spacial score (nSPS) is 32.4. The summed E-state index contributed by atoms with van der Waals surface area (Å²) in [4.78, 5) is 20.6. The first-order valence-corrected chi connectivity index (χ1v) is 3.75. The maximum Gasteiger partial charge on any atom is 0.405 e. The molecule has 0 aromatic carbocycles. The van der Waals surface area contributed by atoms with Crippen LogP contribution in [0.25, 0.3) is 0 Å². The van der Waals surface area contributed by atoms with Crippen LogP contribution < -0.4 is 5.32 Å². The molecule has 1 fully saturated rings. The van der Waals surface area contributed by atoms with Crippen LogP contribution in [0.3, 0.4) is 0 Å². The highest BCUT2D eigenvalue weighted by molar-refractivity contribution is 5.76. The molecule has 1 saturated carbocycles. The van der Waals surface area contributed by atoms with Gasteiger partial charge < -0.3 is 15.2 Å². The second-order valence-electron chi connectivity index (χ2n) is 3.21. The van der Waals surface area contributed by atoms with Crippen LogP contribution in [0.5, 0.6) is 0 Å². The van der Waals surface area contributed by atoms with Gasteiger partial charge in [0.05, 0.1) is 5.54 Å². The fourth-order valence-electron chi connectivity index (χ4n) is 1.49. The first-order chi connectivity index (χ1) is 5.99. The molecule has 0 aromatic heterocycles. The number of aldehydes is 1. The second-order valence-corrected chi connectivity index (χ2v) is 3.21. The monoisotopic (exact) mass is 193 g/mol. The van der Waals surface area contributed by atoms with Crippen LogP contribution in [0.2, 0.25) is 0 Å². The molecule has 74 valence electrons. The van der Waals surface area contributed by atoms with Crippen LogP contribution in [-0.4, -0.2) is 29.5 Å². The quantitative estimate of drug-likeness (QED) is 0.653. The molecule has 1 amide bonds. The molecule has 1 aliphatic carbocycles. The number of nitrogens with one attached hydrogen (secondary N) is 1. The summed E-state index contributed by atoms with van der Waals surface area (Å²) >= 11 is 0. The van der Waals surface area contributed by atoms with Crippen molar-refractivity contribution in [1.82, 2.24) is 5.32 Å². The molecule has 0 bridgehead atoms. The van der Waals surface area contributed by atoms with E-state index in [-0.39, 0.29) is 12.8 Å². The molecule has 0 atom stereocenters. The molecule has 0 aromatic rings. The zero-order chi connectivity index (χ0) is 10.1. The molecule has 4 nitrogen and oxygen atoms in total. The highest BCUT2D eigenvalue weighted by Crippen LogP contribution is 2.39. The third-order valence-corrected chi connectivity index (χ3v) is 2.19. The van der Waals surface area contributed by atoms with Crippen molar-refractivity contribution in [1.29, 1.82) is 0 Å². The fourth-order valence-corrected chi connectivity index (χ4v) is 1.49. The van der Waals surface area contributed by atoms with Crippen molar-refractivity contribution in [3.63, 3.8) is 0 Å². The Kier molecular flexibility index (Phi) is 2.49. The Morgan fingerprint density at radius 1 is 1.62 bits per heavy atom. The number of carboxylic acid groups (broad SMARTS) is 1. The first kappa shape index (κ1) is 9.88. The smallest absolute Gasteiger partial charge is 0.405 e. The molecule has 0 heterocycles. The van der Waals surface area contributed by atoms with Gasteiger partial charge >= 0.3 is 6.09 Å². The number of alkyl halides is 2. The van der Waals surface area contributed by atoms with Gasteiger partial charge in [-0.15, -0.1) is 0 Å². The Morgan fingerprint density at radius 2 is 2.15 bits per heavy atom. The summed E-state index contributed by atoms with van der Waals surface area (Å²) in [5.41, 5.74) is -1.27. The zero-order valence-corrected chi connectivity index (χ0v) is 6.67. The topological polar surface area (TPSA) is 66.4 Å². The average Bonchev–Trinajstić information content (AvgIpc) is 1.94. The maximum absolute atomic E-state index is 12.0. The fraction of sp³-hybridized carbons (Fsp3) is 0.714. The van der Waals surface area contributed by atoms with Crippen LogP contribution >= 0.6 is 0 Å². The lowest BCUT2D eigenvalue weighted by Crippen LogP contribution is -2.59. The van der Waals surface area contributed by atoms with Crippen molar-refractivity contribution in [2.75, 3.05) is 0 Å². The lowest BCUT2D eigenvalue weighted by molar-refractivity contribution is -0.121. The van der Waals surface area contributed by atoms with E-state index in [1.165, 1.54) is 0 Å². The number of hydrogen-bond acceptors (Lipinski definition) is 2. The van der Waals surface area contributed by atoms with E-state index >= 15 is 0 Å². The summed E-state index contributed by atoms with van der Waals surface area (Å²) < 4.78 is 24.0. The van der Waals surface area contributed by atoms with Gasteiger partial charge in [-0.3, -0.25) is 0 Å². The largest absolute Gasteiger partial charge is 0.465 e. The number of carbonyl (C=O) groups is 2. The van der Waals surface area contributed by atoms with Gasteiger partial charge in [-0.05, 0) is 12.8 Å². The van der Waals surface area contributed by atoms with Gasteiger partial charge in [0.2, 0.25) is 6.43 Å². The Hall–Kier alpha value is -1.20. The lowest BCUT2D eigenvalue weighted by Gasteiger charge is -2.42. The Balaban J connectivity index is 2.50. The van der Waals surface area contributed by atoms with Crippen molar-refractivity contribution < 1.29 is 23.5 Å². The van der Waals surface area contributed by atoms with Gasteiger partial charge in [-0.1, -0.05) is 0 Å². The third-order valence-electron chi connectivity index (χ3n) is 2.19. The third kappa shape index (κ3) is 1.93. The first-order valence-electron chi connectivity index (χ1n) is 3.75. The van der Waals surface area contributed by atoms with Gasteiger partial charge in [0.25, 0.3) is 0 Å². The summed E-state index contributed by atoms with van der Waals surface area (Å²) in [6.07, 6.45) is -3.68. The predicted molar refractivity (Wildman–Crippen MR) is 38.7 cm³/mol. The molecule has 1 rings (SSSR count). The summed E-state index contributed by atoms with van der Waals surface area (Å²) in [6, 6.07) is 0. The number of amides is 1. The van der Waals surface area contributed by atoms with Crippen LogP contribution in [-0.2, 0) is 4.79 Å². The Labute approximate surface area is 72.9 Å².